The molecule has 0 bridgehead atoms. The molecule has 30 heavy (non-hydrogen) atoms. The van der Waals surface area contributed by atoms with Gasteiger partial charge in [-0.25, -0.2) is 4.68 Å². The second kappa shape index (κ2) is 9.57. The zero-order valence-electron chi connectivity index (χ0n) is 17.4. The van der Waals surface area contributed by atoms with E-state index in [1.54, 1.807) is 0 Å². The molecule has 6 heteroatoms. The third-order valence-electron chi connectivity index (χ3n) is 5.49. The molecule has 1 saturated heterocycles. The Morgan fingerprint density at radius 1 is 1.13 bits per heavy atom. The molecule has 1 aliphatic heterocycles. The van der Waals surface area contributed by atoms with Crippen molar-refractivity contribution in [1.82, 2.24) is 19.9 Å². The van der Waals surface area contributed by atoms with Gasteiger partial charge in [-0.3, -0.25) is 4.79 Å². The van der Waals surface area contributed by atoms with Crippen LogP contribution in [0.5, 0.6) is 5.75 Å². The Labute approximate surface area is 177 Å². The van der Waals surface area contributed by atoms with E-state index in [1.165, 1.54) is 0 Å². The van der Waals surface area contributed by atoms with Gasteiger partial charge in [-0.15, -0.1) is 5.10 Å². The average molecular weight is 405 g/mol. The summed E-state index contributed by atoms with van der Waals surface area (Å²) in [6.07, 6.45) is 5.15. The van der Waals surface area contributed by atoms with Gasteiger partial charge in [0.05, 0.1) is 18.8 Å². The molecule has 0 N–H and O–H groups in total. The number of aromatic nitrogens is 3. The molecule has 2 aromatic carbocycles. The minimum Gasteiger partial charge on any atom is -0.494 e. The Morgan fingerprint density at radius 3 is 2.70 bits per heavy atom. The summed E-state index contributed by atoms with van der Waals surface area (Å²) in [7, 11) is 0. The highest BCUT2D eigenvalue weighted by Crippen LogP contribution is 2.24. The first-order valence-electron chi connectivity index (χ1n) is 10.7. The lowest BCUT2D eigenvalue weighted by Gasteiger charge is -2.16. The predicted molar refractivity (Wildman–Crippen MR) is 116 cm³/mol. The van der Waals surface area contributed by atoms with Crippen LogP contribution in [-0.4, -0.2) is 45.5 Å². The first-order valence-corrected chi connectivity index (χ1v) is 10.7. The number of rotatable bonds is 8. The van der Waals surface area contributed by atoms with Crippen LogP contribution in [-0.2, 0) is 11.2 Å². The molecular weight excluding hydrogens is 376 g/mol. The van der Waals surface area contributed by atoms with Crippen LogP contribution in [0.2, 0.25) is 0 Å². The Morgan fingerprint density at radius 2 is 1.93 bits per heavy atom. The van der Waals surface area contributed by atoms with Crippen LogP contribution < -0.4 is 4.74 Å². The summed E-state index contributed by atoms with van der Waals surface area (Å²) in [6, 6.07) is 18.3. The Balaban J connectivity index is 1.28. The number of likely N-dealkylation sites (tertiary alicyclic amines) is 1. The van der Waals surface area contributed by atoms with E-state index < -0.39 is 0 Å². The summed E-state index contributed by atoms with van der Waals surface area (Å²) in [5.74, 6) is 1.09. The van der Waals surface area contributed by atoms with E-state index in [1.807, 2.05) is 70.4 Å². The molecule has 6 nitrogen and oxygen atoms in total. The van der Waals surface area contributed by atoms with Crippen molar-refractivity contribution in [2.24, 2.45) is 0 Å². The molecule has 0 radical (unpaired) electrons. The maximum absolute atomic E-state index is 12.7. The quantitative estimate of drug-likeness (QED) is 0.566. The molecular formula is C24H28N4O2. The van der Waals surface area contributed by atoms with Crippen molar-refractivity contribution < 1.29 is 9.53 Å². The van der Waals surface area contributed by atoms with E-state index in [2.05, 4.69) is 17.2 Å². The average Bonchev–Trinajstić information content (AvgIpc) is 3.47. The van der Waals surface area contributed by atoms with Crippen molar-refractivity contribution in [2.45, 2.75) is 38.6 Å². The van der Waals surface area contributed by atoms with Gasteiger partial charge in [0.15, 0.2) is 0 Å². The number of aryl methyl sites for hydroxylation is 1. The Hall–Kier alpha value is -3.15. The number of nitrogens with zero attached hydrogens (tertiary/aromatic N) is 4. The highest BCUT2D eigenvalue weighted by Gasteiger charge is 2.28. The van der Waals surface area contributed by atoms with Gasteiger partial charge >= 0.3 is 0 Å². The molecule has 156 valence electrons. The van der Waals surface area contributed by atoms with Crippen molar-refractivity contribution in [2.75, 3.05) is 19.7 Å². The maximum atomic E-state index is 12.7. The molecule has 0 spiro atoms. The van der Waals surface area contributed by atoms with Gasteiger partial charge in [0, 0.05) is 25.1 Å². The van der Waals surface area contributed by atoms with Crippen LogP contribution in [0.25, 0.3) is 11.3 Å². The molecule has 1 fully saturated rings. The highest BCUT2D eigenvalue weighted by atomic mass is 16.5. The third-order valence-corrected chi connectivity index (χ3v) is 5.49. The lowest BCUT2D eigenvalue weighted by atomic mass is 10.1. The summed E-state index contributed by atoms with van der Waals surface area (Å²) >= 11 is 0. The fraction of sp³-hybridized carbons (Fsp3) is 0.375. The molecule has 1 aromatic heterocycles. The minimum atomic E-state index is 0.189. The molecule has 0 aliphatic carbocycles. The standard InChI is InChI=1S/C24H28N4O2/c1-2-16-30-22-11-8-19(9-12-22)10-13-24(29)27-15-14-21(17-27)28-18-23(25-26-28)20-6-4-3-5-7-20/h3-9,11-12,18,21H,2,10,13-17H2,1H3. The van der Waals surface area contributed by atoms with Crippen molar-refractivity contribution in [3.63, 3.8) is 0 Å². The number of carbonyl (C=O) groups is 1. The predicted octanol–water partition coefficient (Wildman–Crippen LogP) is 4.14. The molecule has 0 saturated carbocycles. The molecule has 2 heterocycles. The fourth-order valence-electron chi connectivity index (χ4n) is 3.76. The van der Waals surface area contributed by atoms with Gasteiger partial charge in [0.2, 0.25) is 5.91 Å². The van der Waals surface area contributed by atoms with Crippen LogP contribution in [0.15, 0.2) is 60.8 Å². The van der Waals surface area contributed by atoms with Crippen LogP contribution in [0.3, 0.4) is 0 Å². The summed E-state index contributed by atoms with van der Waals surface area (Å²) in [5.41, 5.74) is 3.08. The van der Waals surface area contributed by atoms with Gasteiger partial charge in [-0.2, -0.15) is 0 Å². The largest absolute Gasteiger partial charge is 0.494 e. The third kappa shape index (κ3) is 4.87. The topological polar surface area (TPSA) is 60.2 Å². The van der Waals surface area contributed by atoms with Crippen LogP contribution >= 0.6 is 0 Å². The molecule has 3 aromatic rings. The van der Waals surface area contributed by atoms with E-state index in [0.29, 0.717) is 13.0 Å². The van der Waals surface area contributed by atoms with Crippen LogP contribution in [0.1, 0.15) is 37.8 Å². The molecule has 4 rings (SSSR count). The summed E-state index contributed by atoms with van der Waals surface area (Å²) in [4.78, 5) is 14.6. The van der Waals surface area contributed by atoms with Crippen molar-refractivity contribution in [1.29, 1.82) is 0 Å². The zero-order chi connectivity index (χ0) is 20.8. The Bertz CT molecular complexity index is 953. The molecule has 1 unspecified atom stereocenters. The second-order valence-electron chi connectivity index (χ2n) is 7.72. The number of hydrogen-bond donors (Lipinski definition) is 0. The SMILES string of the molecule is CCCOc1ccc(CCC(=O)N2CCC(n3cc(-c4ccccc4)nn3)C2)cc1. The lowest BCUT2D eigenvalue weighted by molar-refractivity contribution is -0.130. The molecule has 1 amide bonds. The van der Waals surface area contributed by atoms with E-state index in [0.717, 1.165) is 55.0 Å². The van der Waals surface area contributed by atoms with Gasteiger partial charge in [0.1, 0.15) is 11.4 Å². The molecule has 1 atom stereocenters. The second-order valence-corrected chi connectivity index (χ2v) is 7.72. The van der Waals surface area contributed by atoms with Gasteiger partial charge < -0.3 is 9.64 Å². The first-order chi connectivity index (χ1) is 14.7. The Kier molecular flexibility index (Phi) is 6.42. The summed E-state index contributed by atoms with van der Waals surface area (Å²) in [6.45, 7) is 4.29. The number of carbonyl (C=O) groups excluding carboxylic acids is 1. The van der Waals surface area contributed by atoms with Crippen molar-refractivity contribution in [3.05, 3.63) is 66.4 Å². The smallest absolute Gasteiger partial charge is 0.222 e. The van der Waals surface area contributed by atoms with Gasteiger partial charge in [-0.1, -0.05) is 54.6 Å². The molecule has 1 aliphatic rings. The van der Waals surface area contributed by atoms with Crippen LogP contribution in [0, 0.1) is 0 Å². The van der Waals surface area contributed by atoms with E-state index in [9.17, 15) is 4.79 Å². The summed E-state index contributed by atoms with van der Waals surface area (Å²) < 4.78 is 7.52. The minimum absolute atomic E-state index is 0.189. The highest BCUT2D eigenvalue weighted by molar-refractivity contribution is 5.76. The van der Waals surface area contributed by atoms with Crippen molar-refractivity contribution in [3.8, 4) is 17.0 Å². The number of ether oxygens (including phenoxy) is 1. The van der Waals surface area contributed by atoms with Gasteiger partial charge in [0.25, 0.3) is 0 Å². The fourth-order valence-corrected chi connectivity index (χ4v) is 3.76. The van der Waals surface area contributed by atoms with Crippen molar-refractivity contribution >= 4 is 5.91 Å². The van der Waals surface area contributed by atoms with E-state index in [4.69, 9.17) is 4.74 Å². The number of hydrogen-bond acceptors (Lipinski definition) is 4. The van der Waals surface area contributed by atoms with E-state index in [-0.39, 0.29) is 11.9 Å². The number of benzene rings is 2. The maximum Gasteiger partial charge on any atom is 0.222 e. The van der Waals surface area contributed by atoms with E-state index >= 15 is 0 Å². The summed E-state index contributed by atoms with van der Waals surface area (Å²) in [5, 5.41) is 8.61. The van der Waals surface area contributed by atoms with Crippen LogP contribution in [0.4, 0.5) is 0 Å². The lowest BCUT2D eigenvalue weighted by Crippen LogP contribution is -2.29. The monoisotopic (exact) mass is 404 g/mol. The first kappa shape index (κ1) is 20.1. The van der Waals surface area contributed by atoms with Gasteiger partial charge in [-0.05, 0) is 37.0 Å². The normalized spacial score (nSPS) is 16.0. The zero-order valence-corrected chi connectivity index (χ0v) is 17.4. The number of amides is 1.